The number of rotatable bonds is 6. The lowest BCUT2D eigenvalue weighted by molar-refractivity contribution is 0.282. The molecule has 2 aromatic rings. The van der Waals surface area contributed by atoms with E-state index in [0.717, 1.165) is 22.8 Å². The second kappa shape index (κ2) is 7.65. The Morgan fingerprint density at radius 2 is 1.11 bits per heavy atom. The third-order valence-electron chi connectivity index (χ3n) is 3.31. The summed E-state index contributed by atoms with van der Waals surface area (Å²) in [6.07, 6.45) is 3.39. The zero-order valence-corrected chi connectivity index (χ0v) is 13.1. The molecule has 0 unspecified atom stereocenters. The van der Waals surface area contributed by atoms with Crippen molar-refractivity contribution in [3.8, 4) is 0 Å². The van der Waals surface area contributed by atoms with E-state index in [1.807, 2.05) is 12.1 Å². The van der Waals surface area contributed by atoms with Gasteiger partial charge in [0.2, 0.25) is 0 Å². The molecule has 0 aliphatic carbocycles. The Labute approximate surface area is 128 Å². The first-order valence-electron chi connectivity index (χ1n) is 6.64. The summed E-state index contributed by atoms with van der Waals surface area (Å²) in [6.45, 7) is 0.128. The Bertz CT molecular complexity index is 440. The van der Waals surface area contributed by atoms with Gasteiger partial charge in [-0.1, -0.05) is 71.1 Å². The third-order valence-corrected chi connectivity index (χ3v) is 4.19. The Morgan fingerprint density at radius 3 is 1.53 bits per heavy atom. The molecule has 0 aliphatic heterocycles. The number of aliphatic hydroxyl groups excluding tert-OH is 1. The van der Waals surface area contributed by atoms with E-state index in [0.29, 0.717) is 0 Å². The van der Waals surface area contributed by atoms with Gasteiger partial charge < -0.3 is 5.11 Å². The SMILES string of the molecule is OCc1ccc(CCCc2ccc(CI)cc2)cc1. The summed E-state index contributed by atoms with van der Waals surface area (Å²) in [5, 5.41) is 9.00. The molecular formula is C17H19IO. The van der Waals surface area contributed by atoms with Crippen LogP contribution >= 0.6 is 22.6 Å². The second-order valence-corrected chi connectivity index (χ2v) is 5.54. The van der Waals surface area contributed by atoms with E-state index in [1.54, 1.807) is 0 Å². The summed E-state index contributed by atoms with van der Waals surface area (Å²) in [7, 11) is 0. The van der Waals surface area contributed by atoms with Crippen molar-refractivity contribution < 1.29 is 5.11 Å². The molecule has 0 aliphatic rings. The number of hydrogen-bond donors (Lipinski definition) is 1. The Morgan fingerprint density at radius 1 is 0.684 bits per heavy atom. The van der Waals surface area contributed by atoms with Crippen molar-refractivity contribution in [3.05, 3.63) is 70.8 Å². The fraction of sp³-hybridized carbons (Fsp3) is 0.294. The molecule has 0 amide bonds. The number of halogens is 1. The molecule has 19 heavy (non-hydrogen) atoms. The van der Waals surface area contributed by atoms with Crippen molar-refractivity contribution in [3.63, 3.8) is 0 Å². The smallest absolute Gasteiger partial charge is 0.0681 e. The van der Waals surface area contributed by atoms with Crippen LogP contribution < -0.4 is 0 Å². The van der Waals surface area contributed by atoms with Gasteiger partial charge in [0.1, 0.15) is 0 Å². The number of aliphatic hydroxyl groups is 1. The van der Waals surface area contributed by atoms with Gasteiger partial charge >= 0.3 is 0 Å². The summed E-state index contributed by atoms with van der Waals surface area (Å²) in [5.74, 6) is 0. The summed E-state index contributed by atoms with van der Waals surface area (Å²) in [4.78, 5) is 0. The van der Waals surface area contributed by atoms with Crippen molar-refractivity contribution in [2.75, 3.05) is 0 Å². The van der Waals surface area contributed by atoms with Gasteiger partial charge in [-0.25, -0.2) is 0 Å². The van der Waals surface area contributed by atoms with Crippen LogP contribution in [0.3, 0.4) is 0 Å². The third kappa shape index (κ3) is 4.62. The standard InChI is InChI=1S/C17H19IO/c18-12-16-8-4-14(5-9-16)2-1-3-15-6-10-17(13-19)11-7-15/h4-11,19H,1-3,12-13H2. The van der Waals surface area contributed by atoms with Crippen molar-refractivity contribution in [2.45, 2.75) is 30.3 Å². The van der Waals surface area contributed by atoms with Gasteiger partial charge in [-0.3, -0.25) is 0 Å². The molecule has 0 heterocycles. The molecule has 0 bridgehead atoms. The lowest BCUT2D eigenvalue weighted by Crippen LogP contribution is -1.91. The average molecular weight is 366 g/mol. The van der Waals surface area contributed by atoms with Gasteiger partial charge in [0.15, 0.2) is 0 Å². The zero-order chi connectivity index (χ0) is 13.5. The highest BCUT2D eigenvalue weighted by Crippen LogP contribution is 2.12. The maximum absolute atomic E-state index is 9.00. The van der Waals surface area contributed by atoms with E-state index in [1.165, 1.54) is 23.1 Å². The largest absolute Gasteiger partial charge is 0.392 e. The lowest BCUT2D eigenvalue weighted by atomic mass is 10.0. The first-order valence-corrected chi connectivity index (χ1v) is 8.17. The fourth-order valence-corrected chi connectivity index (χ4v) is 2.61. The zero-order valence-electron chi connectivity index (χ0n) is 11.0. The second-order valence-electron chi connectivity index (χ2n) is 4.78. The molecule has 2 rings (SSSR count). The maximum Gasteiger partial charge on any atom is 0.0681 e. The predicted molar refractivity (Wildman–Crippen MR) is 88.6 cm³/mol. The van der Waals surface area contributed by atoms with Gasteiger partial charge in [0.25, 0.3) is 0 Å². The summed E-state index contributed by atoms with van der Waals surface area (Å²) in [6, 6.07) is 17.2. The first kappa shape index (κ1) is 14.5. The van der Waals surface area contributed by atoms with Crippen LogP contribution in [0, 0.1) is 0 Å². The van der Waals surface area contributed by atoms with Crippen molar-refractivity contribution in [2.24, 2.45) is 0 Å². The minimum atomic E-state index is 0.128. The van der Waals surface area contributed by atoms with Gasteiger partial charge in [-0.2, -0.15) is 0 Å². The summed E-state index contributed by atoms with van der Waals surface area (Å²) < 4.78 is 1.08. The number of aryl methyl sites for hydroxylation is 2. The normalized spacial score (nSPS) is 10.6. The van der Waals surface area contributed by atoms with E-state index >= 15 is 0 Å². The van der Waals surface area contributed by atoms with Crippen LogP contribution in [0.25, 0.3) is 0 Å². The molecule has 1 N–H and O–H groups in total. The van der Waals surface area contributed by atoms with E-state index in [2.05, 4.69) is 59.0 Å². The first-order chi connectivity index (χ1) is 9.31. The molecule has 0 fully saturated rings. The molecule has 2 aromatic carbocycles. The van der Waals surface area contributed by atoms with Crippen LogP contribution in [-0.4, -0.2) is 5.11 Å². The highest BCUT2D eigenvalue weighted by Gasteiger charge is 1.97. The van der Waals surface area contributed by atoms with Crippen molar-refractivity contribution >= 4 is 22.6 Å². The van der Waals surface area contributed by atoms with Gasteiger partial charge in [0, 0.05) is 4.43 Å². The van der Waals surface area contributed by atoms with Crippen molar-refractivity contribution in [1.82, 2.24) is 0 Å². The molecule has 0 radical (unpaired) electrons. The van der Waals surface area contributed by atoms with Crippen LogP contribution in [0.5, 0.6) is 0 Å². The lowest BCUT2D eigenvalue weighted by Gasteiger charge is -2.04. The molecule has 1 nitrogen and oxygen atoms in total. The number of benzene rings is 2. The highest BCUT2D eigenvalue weighted by molar-refractivity contribution is 14.1. The van der Waals surface area contributed by atoms with Gasteiger partial charge in [-0.15, -0.1) is 0 Å². The number of alkyl halides is 1. The molecule has 0 aromatic heterocycles. The van der Waals surface area contributed by atoms with Crippen LogP contribution in [0.2, 0.25) is 0 Å². The molecule has 0 saturated carbocycles. The van der Waals surface area contributed by atoms with Crippen LogP contribution in [-0.2, 0) is 23.9 Å². The molecular weight excluding hydrogens is 347 g/mol. The Kier molecular flexibility index (Phi) is 5.86. The minimum absolute atomic E-state index is 0.128. The van der Waals surface area contributed by atoms with Crippen LogP contribution in [0.4, 0.5) is 0 Å². The van der Waals surface area contributed by atoms with Gasteiger partial charge in [0.05, 0.1) is 6.61 Å². The monoisotopic (exact) mass is 366 g/mol. The Balaban J connectivity index is 1.81. The van der Waals surface area contributed by atoms with E-state index in [4.69, 9.17) is 5.11 Å². The summed E-state index contributed by atoms with van der Waals surface area (Å²) in [5.41, 5.74) is 5.14. The molecule has 0 atom stereocenters. The van der Waals surface area contributed by atoms with Gasteiger partial charge in [-0.05, 0) is 41.5 Å². The van der Waals surface area contributed by atoms with Crippen molar-refractivity contribution in [1.29, 1.82) is 0 Å². The van der Waals surface area contributed by atoms with E-state index < -0.39 is 0 Å². The molecule has 100 valence electrons. The average Bonchev–Trinajstić information content (AvgIpc) is 2.49. The van der Waals surface area contributed by atoms with E-state index in [-0.39, 0.29) is 6.61 Å². The highest BCUT2D eigenvalue weighted by atomic mass is 127. The minimum Gasteiger partial charge on any atom is -0.392 e. The number of hydrogen-bond acceptors (Lipinski definition) is 1. The summed E-state index contributed by atoms with van der Waals surface area (Å²) >= 11 is 2.39. The van der Waals surface area contributed by atoms with Crippen LogP contribution in [0.1, 0.15) is 28.7 Å². The van der Waals surface area contributed by atoms with E-state index in [9.17, 15) is 0 Å². The predicted octanol–water partition coefficient (Wildman–Crippen LogP) is 4.29. The molecule has 0 spiro atoms. The topological polar surface area (TPSA) is 20.2 Å². The maximum atomic E-state index is 9.00. The fourth-order valence-electron chi connectivity index (χ4n) is 2.10. The Hall–Kier alpha value is -0.870. The molecule has 0 saturated heterocycles. The quantitative estimate of drug-likeness (QED) is 0.597. The van der Waals surface area contributed by atoms with Crippen LogP contribution in [0.15, 0.2) is 48.5 Å². The molecule has 2 heteroatoms.